The molecule has 13 heteroatoms. The number of pyridine rings is 2. The SMILES string of the molecule is COCCNCc1cc(C(=O)Nc2cc(-c3ccc(C#N)cc3C(=O)N3CC(F)(F)C3)cc(=O)[nH]2)c(=O)n(C2CC2)c1. The molecule has 3 heterocycles. The molecule has 42 heavy (non-hydrogen) atoms. The number of nitriles is 1. The van der Waals surface area contributed by atoms with Crippen LogP contribution >= 0.6 is 0 Å². The lowest BCUT2D eigenvalue weighted by Crippen LogP contribution is -2.58. The number of aromatic amines is 1. The summed E-state index contributed by atoms with van der Waals surface area (Å²) in [5, 5.41) is 15.1. The monoisotopic (exact) mass is 578 g/mol. The van der Waals surface area contributed by atoms with E-state index in [9.17, 15) is 33.2 Å². The van der Waals surface area contributed by atoms with Gasteiger partial charge in [-0.2, -0.15) is 5.26 Å². The Hall–Kier alpha value is -4.67. The van der Waals surface area contributed by atoms with Gasteiger partial charge in [0.25, 0.3) is 23.3 Å². The first-order valence-corrected chi connectivity index (χ1v) is 13.3. The minimum Gasteiger partial charge on any atom is -0.383 e. The maximum Gasteiger partial charge on any atom is 0.282 e. The second-order valence-electron chi connectivity index (χ2n) is 10.4. The zero-order chi connectivity index (χ0) is 30.0. The predicted molar refractivity (Wildman–Crippen MR) is 149 cm³/mol. The number of nitrogens with one attached hydrogen (secondary N) is 3. The van der Waals surface area contributed by atoms with Gasteiger partial charge < -0.3 is 29.8 Å². The number of methoxy groups -OCH3 is 1. The van der Waals surface area contributed by atoms with Gasteiger partial charge in [-0.25, -0.2) is 8.78 Å². The highest BCUT2D eigenvalue weighted by Gasteiger charge is 2.46. The van der Waals surface area contributed by atoms with E-state index in [2.05, 4.69) is 15.6 Å². The van der Waals surface area contributed by atoms with Crippen LogP contribution in [-0.4, -0.2) is 65.5 Å². The number of alkyl halides is 2. The van der Waals surface area contributed by atoms with Crippen LogP contribution in [0.1, 0.15) is 50.7 Å². The van der Waals surface area contributed by atoms with Crippen molar-refractivity contribution in [3.05, 3.63) is 85.6 Å². The number of carbonyl (C=O) groups excluding carboxylic acids is 2. The molecule has 1 aliphatic carbocycles. The fraction of sp³-hybridized carbons (Fsp3) is 0.345. The van der Waals surface area contributed by atoms with E-state index in [1.165, 1.54) is 36.4 Å². The van der Waals surface area contributed by atoms with Crippen molar-refractivity contribution in [3.63, 3.8) is 0 Å². The quantitative estimate of drug-likeness (QED) is 0.313. The number of hydrogen-bond donors (Lipinski definition) is 3. The summed E-state index contributed by atoms with van der Waals surface area (Å²) in [7, 11) is 1.59. The summed E-state index contributed by atoms with van der Waals surface area (Å²) in [6, 6.07) is 10.2. The molecule has 1 aromatic carbocycles. The van der Waals surface area contributed by atoms with Crippen LogP contribution in [0.2, 0.25) is 0 Å². The Labute approximate surface area is 238 Å². The molecule has 0 radical (unpaired) electrons. The molecule has 5 rings (SSSR count). The van der Waals surface area contributed by atoms with E-state index in [4.69, 9.17) is 4.74 Å². The maximum absolute atomic E-state index is 13.5. The van der Waals surface area contributed by atoms with Crippen molar-refractivity contribution in [1.29, 1.82) is 5.26 Å². The Morgan fingerprint density at radius 3 is 2.57 bits per heavy atom. The van der Waals surface area contributed by atoms with Gasteiger partial charge in [-0.1, -0.05) is 6.07 Å². The van der Waals surface area contributed by atoms with E-state index in [1.807, 2.05) is 6.07 Å². The van der Waals surface area contributed by atoms with E-state index in [0.717, 1.165) is 23.3 Å². The highest BCUT2D eigenvalue weighted by atomic mass is 19.3. The highest BCUT2D eigenvalue weighted by molar-refractivity contribution is 6.04. The van der Waals surface area contributed by atoms with Gasteiger partial charge in [-0.3, -0.25) is 19.2 Å². The summed E-state index contributed by atoms with van der Waals surface area (Å²) in [5.41, 5.74) is 0.0730. The van der Waals surface area contributed by atoms with Crippen molar-refractivity contribution in [3.8, 4) is 17.2 Å². The Bertz CT molecular complexity index is 1700. The lowest BCUT2D eigenvalue weighted by atomic mass is 9.96. The van der Waals surface area contributed by atoms with Gasteiger partial charge >= 0.3 is 0 Å². The zero-order valence-electron chi connectivity index (χ0n) is 22.7. The number of likely N-dealkylation sites (tertiary alicyclic amines) is 1. The van der Waals surface area contributed by atoms with Crippen molar-refractivity contribution in [2.45, 2.75) is 31.4 Å². The Morgan fingerprint density at radius 2 is 1.90 bits per heavy atom. The van der Waals surface area contributed by atoms with Crippen molar-refractivity contribution in [2.24, 2.45) is 0 Å². The van der Waals surface area contributed by atoms with Crippen LogP contribution in [-0.2, 0) is 11.3 Å². The number of carbonyl (C=O) groups is 2. The fourth-order valence-corrected chi connectivity index (χ4v) is 4.78. The third-order valence-electron chi connectivity index (χ3n) is 7.01. The van der Waals surface area contributed by atoms with Crippen molar-refractivity contribution in [1.82, 2.24) is 19.8 Å². The van der Waals surface area contributed by atoms with E-state index < -0.39 is 41.9 Å². The number of H-pyrrole nitrogens is 1. The molecule has 0 atom stereocenters. The van der Waals surface area contributed by atoms with Gasteiger partial charge in [0.15, 0.2) is 0 Å². The summed E-state index contributed by atoms with van der Waals surface area (Å²) in [6.07, 6.45) is 3.39. The lowest BCUT2D eigenvalue weighted by molar-refractivity contribution is -0.113. The molecule has 1 saturated heterocycles. The van der Waals surface area contributed by atoms with Gasteiger partial charge in [-0.15, -0.1) is 0 Å². The topological polar surface area (TPSA) is 149 Å². The molecule has 0 unspecified atom stereocenters. The zero-order valence-corrected chi connectivity index (χ0v) is 22.7. The second kappa shape index (κ2) is 11.7. The minimum absolute atomic E-state index is 0.0183. The summed E-state index contributed by atoms with van der Waals surface area (Å²) in [5.74, 6) is -4.48. The minimum atomic E-state index is -2.99. The molecule has 3 N–H and O–H groups in total. The molecule has 1 aliphatic heterocycles. The number of anilines is 1. The fourth-order valence-electron chi connectivity index (χ4n) is 4.78. The third-order valence-corrected chi connectivity index (χ3v) is 7.01. The van der Waals surface area contributed by atoms with Crippen LogP contribution in [0.3, 0.4) is 0 Å². The van der Waals surface area contributed by atoms with Crippen LogP contribution < -0.4 is 21.8 Å². The molecule has 3 aromatic rings. The van der Waals surface area contributed by atoms with Gasteiger partial charge in [0.2, 0.25) is 5.56 Å². The maximum atomic E-state index is 13.5. The molecule has 2 aliphatic rings. The normalized spacial score (nSPS) is 15.5. The molecule has 1 saturated carbocycles. The largest absolute Gasteiger partial charge is 0.383 e. The summed E-state index contributed by atoms with van der Waals surface area (Å²) in [4.78, 5) is 55.6. The number of benzene rings is 1. The summed E-state index contributed by atoms with van der Waals surface area (Å²) in [6.45, 7) is -0.0252. The van der Waals surface area contributed by atoms with E-state index >= 15 is 0 Å². The van der Waals surface area contributed by atoms with Gasteiger partial charge in [0.1, 0.15) is 11.4 Å². The van der Waals surface area contributed by atoms with E-state index in [0.29, 0.717) is 19.7 Å². The number of rotatable bonds is 10. The molecular weight excluding hydrogens is 550 g/mol. The van der Waals surface area contributed by atoms with Crippen LogP contribution in [0.25, 0.3) is 11.1 Å². The van der Waals surface area contributed by atoms with Gasteiger partial charge in [0, 0.05) is 44.1 Å². The first kappa shape index (κ1) is 28.8. The number of hydrogen-bond acceptors (Lipinski definition) is 7. The van der Waals surface area contributed by atoms with Gasteiger partial charge in [-0.05, 0) is 53.8 Å². The average molecular weight is 579 g/mol. The molecule has 0 spiro atoms. The predicted octanol–water partition coefficient (Wildman–Crippen LogP) is 2.49. The highest BCUT2D eigenvalue weighted by Crippen LogP contribution is 2.34. The molecule has 218 valence electrons. The molecule has 2 fully saturated rings. The van der Waals surface area contributed by atoms with Crippen molar-refractivity contribution < 1.29 is 23.1 Å². The van der Waals surface area contributed by atoms with Crippen molar-refractivity contribution >= 4 is 17.6 Å². The van der Waals surface area contributed by atoms with Crippen LogP contribution in [0.15, 0.2) is 52.2 Å². The molecular formula is C29H28F2N6O5. The summed E-state index contributed by atoms with van der Waals surface area (Å²) < 4.78 is 33.5. The average Bonchev–Trinajstić information content (AvgIpc) is 3.79. The van der Waals surface area contributed by atoms with Crippen LogP contribution in [0.4, 0.5) is 14.6 Å². The molecule has 2 amide bonds. The van der Waals surface area contributed by atoms with Crippen LogP contribution in [0.5, 0.6) is 0 Å². The Morgan fingerprint density at radius 1 is 1.14 bits per heavy atom. The number of nitrogens with zero attached hydrogens (tertiary/aromatic N) is 3. The Kier molecular flexibility index (Phi) is 8.02. The second-order valence-corrected chi connectivity index (χ2v) is 10.4. The van der Waals surface area contributed by atoms with E-state index in [-0.39, 0.29) is 39.7 Å². The number of amides is 2. The standard InChI is InChI=1S/C29H28F2N6O5/c1-42-7-6-33-13-18-9-23(28(41)37(14-18)20-3-4-20)26(39)35-24-10-19(11-25(38)34-24)21-5-2-17(12-32)8-22(21)27(40)36-15-29(30,31)16-36/h2,5,8-11,14,20,33H,3-4,6-7,13,15-16H2,1H3,(H2,34,35,38,39). The number of aromatic nitrogens is 2. The molecule has 0 bridgehead atoms. The third kappa shape index (κ3) is 6.29. The summed E-state index contributed by atoms with van der Waals surface area (Å²) >= 11 is 0. The number of ether oxygens (including phenoxy) is 1. The number of halogens is 2. The first-order valence-electron chi connectivity index (χ1n) is 13.3. The van der Waals surface area contributed by atoms with Crippen LogP contribution in [0, 0.1) is 11.3 Å². The van der Waals surface area contributed by atoms with E-state index in [1.54, 1.807) is 17.9 Å². The molecule has 11 nitrogen and oxygen atoms in total. The first-order chi connectivity index (χ1) is 20.1. The lowest BCUT2D eigenvalue weighted by Gasteiger charge is -2.39. The van der Waals surface area contributed by atoms with Crippen molar-refractivity contribution in [2.75, 3.05) is 38.7 Å². The Balaban J connectivity index is 1.45. The van der Waals surface area contributed by atoms with Gasteiger partial charge in [0.05, 0.1) is 31.3 Å². The smallest absolute Gasteiger partial charge is 0.282 e. The molecule has 2 aromatic heterocycles.